The molecular weight excluding hydrogens is 310 g/mol. The van der Waals surface area contributed by atoms with Crippen LogP contribution in [0.4, 0.5) is 5.69 Å². The van der Waals surface area contributed by atoms with Crippen molar-refractivity contribution < 1.29 is 19.4 Å². The van der Waals surface area contributed by atoms with Gasteiger partial charge in [-0.15, -0.1) is 0 Å². The molecule has 0 aliphatic rings. The summed E-state index contributed by atoms with van der Waals surface area (Å²) in [5, 5.41) is 16.0. The lowest BCUT2D eigenvalue weighted by Crippen LogP contribution is -2.35. The summed E-state index contributed by atoms with van der Waals surface area (Å²) < 4.78 is 6.47. The van der Waals surface area contributed by atoms with Gasteiger partial charge in [-0.1, -0.05) is 12.1 Å². The maximum atomic E-state index is 12.4. The molecule has 2 aromatic rings. The number of ether oxygens (including phenoxy) is 1. The van der Waals surface area contributed by atoms with Gasteiger partial charge in [0.25, 0.3) is 0 Å². The maximum Gasteiger partial charge on any atom is 0.331 e. The highest BCUT2D eigenvalue weighted by atomic mass is 16.5. The van der Waals surface area contributed by atoms with Crippen molar-refractivity contribution in [3.63, 3.8) is 0 Å². The summed E-state index contributed by atoms with van der Waals surface area (Å²) in [6.45, 7) is 4.86. The molecule has 0 bridgehead atoms. The Balaban J connectivity index is 2.12. The summed E-state index contributed by atoms with van der Waals surface area (Å²) in [7, 11) is 1.57. The molecule has 1 unspecified atom stereocenters. The van der Waals surface area contributed by atoms with Crippen LogP contribution in [0.15, 0.2) is 36.7 Å². The summed E-state index contributed by atoms with van der Waals surface area (Å²) in [4.78, 5) is 23.6. The normalized spacial score (nSPS) is 12.5. The van der Waals surface area contributed by atoms with Gasteiger partial charge >= 0.3 is 5.97 Å². The van der Waals surface area contributed by atoms with Crippen molar-refractivity contribution in [3.8, 4) is 5.75 Å². The van der Waals surface area contributed by atoms with E-state index in [-0.39, 0.29) is 5.91 Å². The first-order chi connectivity index (χ1) is 11.3. The number of nitrogens with zero attached hydrogens (tertiary/aromatic N) is 2. The van der Waals surface area contributed by atoms with Gasteiger partial charge in [0.15, 0.2) is 5.54 Å². The fourth-order valence-corrected chi connectivity index (χ4v) is 2.10. The van der Waals surface area contributed by atoms with E-state index in [9.17, 15) is 14.7 Å². The van der Waals surface area contributed by atoms with E-state index in [4.69, 9.17) is 4.74 Å². The van der Waals surface area contributed by atoms with Crippen LogP contribution in [0.3, 0.4) is 0 Å². The molecule has 128 valence electrons. The van der Waals surface area contributed by atoms with E-state index in [1.807, 2.05) is 18.2 Å². The van der Waals surface area contributed by atoms with Crippen molar-refractivity contribution >= 4 is 17.6 Å². The van der Waals surface area contributed by atoms with Crippen LogP contribution in [0.1, 0.15) is 32.3 Å². The Bertz CT molecular complexity index is 752. The van der Waals surface area contributed by atoms with Gasteiger partial charge in [-0.2, -0.15) is 5.10 Å². The molecule has 0 aliphatic carbocycles. The first kappa shape index (κ1) is 17.5. The van der Waals surface area contributed by atoms with Crippen LogP contribution >= 0.6 is 0 Å². The van der Waals surface area contributed by atoms with Crippen molar-refractivity contribution in [1.82, 2.24) is 9.78 Å². The molecule has 1 aromatic carbocycles. The molecule has 0 spiro atoms. The van der Waals surface area contributed by atoms with E-state index >= 15 is 0 Å². The van der Waals surface area contributed by atoms with Crippen molar-refractivity contribution in [2.45, 2.75) is 32.2 Å². The fourth-order valence-electron chi connectivity index (χ4n) is 2.10. The zero-order chi connectivity index (χ0) is 17.9. The second kappa shape index (κ2) is 6.74. The van der Waals surface area contributed by atoms with Crippen molar-refractivity contribution in [2.75, 3.05) is 12.4 Å². The van der Waals surface area contributed by atoms with Gasteiger partial charge < -0.3 is 15.2 Å². The summed E-state index contributed by atoms with van der Waals surface area (Å²) in [5.41, 5.74) is 0.0793. The zero-order valence-corrected chi connectivity index (χ0v) is 14.1. The molecule has 1 amide bonds. The van der Waals surface area contributed by atoms with Crippen LogP contribution in [0, 0.1) is 0 Å². The molecule has 0 saturated carbocycles. The molecule has 7 heteroatoms. The minimum absolute atomic E-state index is 0.212. The molecule has 0 radical (unpaired) electrons. The van der Waals surface area contributed by atoms with E-state index in [1.165, 1.54) is 30.9 Å². The smallest absolute Gasteiger partial charge is 0.331 e. The van der Waals surface area contributed by atoms with Crippen molar-refractivity contribution in [3.05, 3.63) is 42.2 Å². The first-order valence-electron chi connectivity index (χ1n) is 7.49. The average Bonchev–Trinajstić information content (AvgIpc) is 3.03. The Labute approximate surface area is 140 Å². The number of hydrogen-bond acceptors (Lipinski definition) is 4. The predicted octanol–water partition coefficient (Wildman–Crippen LogP) is 2.45. The van der Waals surface area contributed by atoms with E-state index in [1.54, 1.807) is 20.1 Å². The molecule has 0 saturated heterocycles. The second-order valence-electron chi connectivity index (χ2n) is 6.03. The number of hydrogen-bond donors (Lipinski definition) is 2. The highest BCUT2D eigenvalue weighted by Crippen LogP contribution is 2.23. The average molecular weight is 331 g/mol. The lowest BCUT2D eigenvalue weighted by molar-refractivity contribution is -0.146. The monoisotopic (exact) mass is 331 g/mol. The third-order valence-electron chi connectivity index (χ3n) is 3.93. The standard InChI is InChI=1S/C17H21N3O4/c1-11(12-6-5-7-14(8-12)24-4)15(21)19-13-9-18-20(10-13)17(2,3)16(22)23/h5-11H,1-4H3,(H,19,21)(H,22,23). The number of anilines is 1. The molecule has 24 heavy (non-hydrogen) atoms. The van der Waals surface area contributed by atoms with Gasteiger partial charge in [0.1, 0.15) is 5.75 Å². The predicted molar refractivity (Wildman–Crippen MR) is 89.2 cm³/mol. The van der Waals surface area contributed by atoms with Gasteiger partial charge in [-0.3, -0.25) is 9.48 Å². The lowest BCUT2D eigenvalue weighted by atomic mass is 10.00. The third kappa shape index (κ3) is 3.56. The quantitative estimate of drug-likeness (QED) is 0.848. The lowest BCUT2D eigenvalue weighted by Gasteiger charge is -2.19. The van der Waals surface area contributed by atoms with Crippen LogP contribution in [0.2, 0.25) is 0 Å². The topological polar surface area (TPSA) is 93.5 Å². The Morgan fingerprint density at radius 1 is 1.38 bits per heavy atom. The third-order valence-corrected chi connectivity index (χ3v) is 3.93. The van der Waals surface area contributed by atoms with Crippen LogP contribution < -0.4 is 10.1 Å². The van der Waals surface area contributed by atoms with Gasteiger partial charge in [0.05, 0.1) is 24.9 Å². The number of nitrogens with one attached hydrogen (secondary N) is 1. The summed E-state index contributed by atoms with van der Waals surface area (Å²) in [6.07, 6.45) is 2.94. The van der Waals surface area contributed by atoms with Crippen molar-refractivity contribution in [2.24, 2.45) is 0 Å². The van der Waals surface area contributed by atoms with Crippen LogP contribution in [-0.4, -0.2) is 33.9 Å². The number of methoxy groups -OCH3 is 1. The van der Waals surface area contributed by atoms with Gasteiger partial charge in [-0.25, -0.2) is 4.79 Å². The molecule has 1 heterocycles. The Morgan fingerprint density at radius 3 is 2.71 bits per heavy atom. The fraction of sp³-hybridized carbons (Fsp3) is 0.353. The molecule has 0 fully saturated rings. The highest BCUT2D eigenvalue weighted by molar-refractivity contribution is 5.95. The summed E-state index contributed by atoms with van der Waals surface area (Å²) >= 11 is 0. The number of amides is 1. The first-order valence-corrected chi connectivity index (χ1v) is 7.49. The minimum Gasteiger partial charge on any atom is -0.497 e. The van der Waals surface area contributed by atoms with Gasteiger partial charge in [-0.05, 0) is 38.5 Å². The number of carboxylic acids is 1. The second-order valence-corrected chi connectivity index (χ2v) is 6.03. The molecule has 0 aliphatic heterocycles. The molecular formula is C17H21N3O4. The summed E-state index contributed by atoms with van der Waals surface area (Å²) in [5.74, 6) is -0.928. The summed E-state index contributed by atoms with van der Waals surface area (Å²) in [6, 6.07) is 7.29. The number of rotatable bonds is 6. The SMILES string of the molecule is COc1cccc(C(C)C(=O)Nc2cnn(C(C)(C)C(=O)O)c2)c1. The number of carboxylic acid groups (broad SMARTS) is 1. The van der Waals surface area contributed by atoms with E-state index in [0.717, 1.165) is 5.56 Å². The van der Waals surface area contributed by atoms with E-state index in [2.05, 4.69) is 10.4 Å². The Kier molecular flexibility index (Phi) is 4.92. The minimum atomic E-state index is -1.19. The maximum absolute atomic E-state index is 12.4. The van der Waals surface area contributed by atoms with Gasteiger partial charge in [0.2, 0.25) is 5.91 Å². The zero-order valence-electron chi connectivity index (χ0n) is 14.1. The molecule has 1 atom stereocenters. The Morgan fingerprint density at radius 2 is 2.08 bits per heavy atom. The number of carbonyl (C=O) groups excluding carboxylic acids is 1. The molecule has 2 N–H and O–H groups in total. The van der Waals surface area contributed by atoms with E-state index in [0.29, 0.717) is 11.4 Å². The Hall–Kier alpha value is -2.83. The largest absolute Gasteiger partial charge is 0.497 e. The van der Waals surface area contributed by atoms with Crippen LogP contribution in [-0.2, 0) is 15.1 Å². The molecule has 7 nitrogen and oxygen atoms in total. The number of benzene rings is 1. The van der Waals surface area contributed by atoms with Crippen molar-refractivity contribution in [1.29, 1.82) is 0 Å². The van der Waals surface area contributed by atoms with E-state index < -0.39 is 17.4 Å². The number of carbonyl (C=O) groups is 2. The molecule has 1 aromatic heterocycles. The molecule has 2 rings (SSSR count). The highest BCUT2D eigenvalue weighted by Gasteiger charge is 2.30. The van der Waals surface area contributed by atoms with Crippen LogP contribution in [0.25, 0.3) is 0 Å². The number of aromatic nitrogens is 2. The van der Waals surface area contributed by atoms with Gasteiger partial charge in [0, 0.05) is 6.20 Å². The number of aliphatic carboxylic acids is 1. The van der Waals surface area contributed by atoms with Crippen LogP contribution in [0.5, 0.6) is 5.75 Å².